The van der Waals surface area contributed by atoms with Crippen LogP contribution in [-0.2, 0) is 10.0 Å². The lowest BCUT2D eigenvalue weighted by Gasteiger charge is -2.29. The molecule has 0 amide bonds. The van der Waals surface area contributed by atoms with E-state index in [0.717, 1.165) is 12.8 Å². The smallest absolute Gasteiger partial charge is 0.246 e. The molecule has 0 aliphatic carbocycles. The predicted molar refractivity (Wildman–Crippen MR) is 93.3 cm³/mol. The summed E-state index contributed by atoms with van der Waals surface area (Å²) in [5, 5.41) is 4.17. The van der Waals surface area contributed by atoms with Gasteiger partial charge in [-0.3, -0.25) is 0 Å². The van der Waals surface area contributed by atoms with Crippen molar-refractivity contribution in [3.05, 3.63) is 36.7 Å². The van der Waals surface area contributed by atoms with E-state index in [1.165, 1.54) is 21.4 Å². The summed E-state index contributed by atoms with van der Waals surface area (Å²) in [5.74, 6) is 0.625. The van der Waals surface area contributed by atoms with Crippen LogP contribution in [-0.4, -0.2) is 48.7 Å². The minimum absolute atomic E-state index is 0. The molecule has 2 heterocycles. The largest absolute Gasteiger partial charge is 0.494 e. The third-order valence-electron chi connectivity index (χ3n) is 3.95. The number of nitrogens with zero attached hydrogens (tertiary/aromatic N) is 3. The molecule has 9 heteroatoms. The molecule has 1 unspecified atom stereocenters. The summed E-state index contributed by atoms with van der Waals surface area (Å²) in [7, 11) is -2.01. The fourth-order valence-corrected chi connectivity index (χ4v) is 4.20. The van der Waals surface area contributed by atoms with Crippen LogP contribution in [0.4, 0.5) is 0 Å². The first-order chi connectivity index (χ1) is 11.0. The van der Waals surface area contributed by atoms with E-state index in [-0.39, 0.29) is 23.3 Å². The molecule has 1 aromatic carbocycles. The third-order valence-corrected chi connectivity index (χ3v) is 5.77. The zero-order valence-electron chi connectivity index (χ0n) is 13.3. The van der Waals surface area contributed by atoms with Crippen molar-refractivity contribution >= 4 is 22.4 Å². The number of hydrogen-bond donors (Lipinski definition) is 1. The van der Waals surface area contributed by atoms with Crippen molar-refractivity contribution in [2.24, 2.45) is 5.73 Å². The Balaban J connectivity index is 0.00000208. The van der Waals surface area contributed by atoms with Crippen molar-refractivity contribution in [1.82, 2.24) is 14.1 Å². The Labute approximate surface area is 147 Å². The van der Waals surface area contributed by atoms with Crippen molar-refractivity contribution < 1.29 is 13.2 Å². The number of hydrogen-bond acceptors (Lipinski definition) is 5. The van der Waals surface area contributed by atoms with Crippen LogP contribution >= 0.6 is 12.4 Å². The molecule has 132 valence electrons. The van der Waals surface area contributed by atoms with Gasteiger partial charge in [0.15, 0.2) is 0 Å². The van der Waals surface area contributed by atoms with Crippen LogP contribution in [0.2, 0.25) is 0 Å². The van der Waals surface area contributed by atoms with E-state index in [1.807, 2.05) is 18.2 Å². The number of aromatic nitrogens is 2. The number of sulfonamides is 1. The van der Waals surface area contributed by atoms with Gasteiger partial charge in [0, 0.05) is 19.1 Å². The maximum absolute atomic E-state index is 12.7. The number of ether oxygens (including phenoxy) is 1. The monoisotopic (exact) mass is 372 g/mol. The highest BCUT2D eigenvalue weighted by molar-refractivity contribution is 7.89. The standard InChI is InChI=1S/C15H20N4O3S.ClH/c1-22-15-7-3-2-6-14(15)19-11-13(9-17-19)23(20,21)18-8-4-5-12(16)10-18;/h2-3,6-7,9,11-12H,4-5,8,10,16H2,1H3;1H. The molecule has 0 spiro atoms. The molecule has 7 nitrogen and oxygen atoms in total. The zero-order valence-corrected chi connectivity index (χ0v) is 15.0. The van der Waals surface area contributed by atoms with Crippen LogP contribution in [0.15, 0.2) is 41.6 Å². The maximum Gasteiger partial charge on any atom is 0.246 e. The Kier molecular flexibility index (Phi) is 5.87. The third kappa shape index (κ3) is 3.56. The van der Waals surface area contributed by atoms with E-state index in [4.69, 9.17) is 10.5 Å². The first-order valence-corrected chi connectivity index (χ1v) is 8.90. The second-order valence-electron chi connectivity index (χ2n) is 5.56. The second kappa shape index (κ2) is 7.52. The van der Waals surface area contributed by atoms with Crippen LogP contribution in [0.3, 0.4) is 0 Å². The van der Waals surface area contributed by atoms with Gasteiger partial charge in [0.1, 0.15) is 16.3 Å². The molecule has 1 fully saturated rings. The normalized spacial score (nSPS) is 18.8. The summed E-state index contributed by atoms with van der Waals surface area (Å²) >= 11 is 0. The molecule has 1 atom stereocenters. The summed E-state index contributed by atoms with van der Waals surface area (Å²) in [5.41, 5.74) is 6.58. The number of methoxy groups -OCH3 is 1. The van der Waals surface area contributed by atoms with Crippen LogP contribution in [0.25, 0.3) is 5.69 Å². The summed E-state index contributed by atoms with van der Waals surface area (Å²) in [6.45, 7) is 0.845. The van der Waals surface area contributed by atoms with Crippen LogP contribution in [0, 0.1) is 0 Å². The number of nitrogens with two attached hydrogens (primary N) is 1. The van der Waals surface area contributed by atoms with E-state index >= 15 is 0 Å². The van der Waals surface area contributed by atoms with Gasteiger partial charge < -0.3 is 10.5 Å². The van der Waals surface area contributed by atoms with E-state index in [0.29, 0.717) is 24.5 Å². The van der Waals surface area contributed by atoms with Crippen molar-refractivity contribution in [3.63, 3.8) is 0 Å². The quantitative estimate of drug-likeness (QED) is 0.876. The van der Waals surface area contributed by atoms with Crippen LogP contribution < -0.4 is 10.5 Å². The minimum atomic E-state index is -3.57. The van der Waals surface area contributed by atoms with Crippen molar-refractivity contribution in [1.29, 1.82) is 0 Å². The lowest BCUT2D eigenvalue weighted by Crippen LogP contribution is -2.45. The Morgan fingerprint density at radius 2 is 2.08 bits per heavy atom. The molecular formula is C15H21ClN4O3S. The minimum Gasteiger partial charge on any atom is -0.494 e. The van der Waals surface area contributed by atoms with Crippen molar-refractivity contribution in [2.45, 2.75) is 23.8 Å². The molecule has 1 saturated heterocycles. The Bertz CT molecular complexity index is 794. The molecule has 1 aliphatic rings. The van der Waals surface area contributed by atoms with Gasteiger partial charge in [-0.25, -0.2) is 13.1 Å². The number of piperidine rings is 1. The number of benzene rings is 1. The van der Waals surface area contributed by atoms with E-state index in [2.05, 4.69) is 5.10 Å². The summed E-state index contributed by atoms with van der Waals surface area (Å²) in [6.07, 6.45) is 4.50. The highest BCUT2D eigenvalue weighted by Gasteiger charge is 2.30. The SMILES string of the molecule is COc1ccccc1-n1cc(S(=O)(=O)N2CCCC(N)C2)cn1.Cl. The van der Waals surface area contributed by atoms with Gasteiger partial charge in [0.05, 0.1) is 19.5 Å². The fraction of sp³-hybridized carbons (Fsp3) is 0.400. The average molecular weight is 373 g/mol. The average Bonchev–Trinajstić information content (AvgIpc) is 3.05. The van der Waals surface area contributed by atoms with Gasteiger partial charge in [-0.1, -0.05) is 12.1 Å². The number of rotatable bonds is 4. The zero-order chi connectivity index (χ0) is 16.4. The molecule has 1 aliphatic heterocycles. The van der Waals surface area contributed by atoms with Crippen LogP contribution in [0.1, 0.15) is 12.8 Å². The van der Waals surface area contributed by atoms with Crippen LogP contribution in [0.5, 0.6) is 5.75 Å². The lowest BCUT2D eigenvalue weighted by atomic mass is 10.1. The second-order valence-corrected chi connectivity index (χ2v) is 7.50. The van der Waals surface area contributed by atoms with Gasteiger partial charge >= 0.3 is 0 Å². The predicted octanol–water partition coefficient (Wildman–Crippen LogP) is 1.41. The number of halogens is 1. The Morgan fingerprint density at radius 3 is 2.79 bits per heavy atom. The van der Waals surface area contributed by atoms with Gasteiger partial charge in [-0.05, 0) is 25.0 Å². The molecule has 1 aromatic heterocycles. The first kappa shape index (κ1) is 18.7. The van der Waals surface area contributed by atoms with E-state index in [9.17, 15) is 8.42 Å². The number of para-hydroxylation sites is 2. The molecule has 3 rings (SSSR count). The van der Waals surface area contributed by atoms with Crippen molar-refractivity contribution in [2.75, 3.05) is 20.2 Å². The summed E-state index contributed by atoms with van der Waals surface area (Å²) < 4.78 is 33.7. The molecule has 24 heavy (non-hydrogen) atoms. The van der Waals surface area contributed by atoms with Gasteiger partial charge in [0.25, 0.3) is 0 Å². The summed E-state index contributed by atoms with van der Waals surface area (Å²) in [6, 6.07) is 7.20. The first-order valence-electron chi connectivity index (χ1n) is 7.46. The van der Waals surface area contributed by atoms with Gasteiger partial charge in [-0.15, -0.1) is 12.4 Å². The lowest BCUT2D eigenvalue weighted by molar-refractivity contribution is 0.316. The van der Waals surface area contributed by atoms with E-state index in [1.54, 1.807) is 13.2 Å². The Morgan fingerprint density at radius 1 is 1.33 bits per heavy atom. The molecule has 0 saturated carbocycles. The maximum atomic E-state index is 12.7. The highest BCUT2D eigenvalue weighted by atomic mass is 35.5. The van der Waals surface area contributed by atoms with Crippen molar-refractivity contribution in [3.8, 4) is 11.4 Å². The molecule has 2 aromatic rings. The van der Waals surface area contributed by atoms with Gasteiger partial charge in [-0.2, -0.15) is 9.40 Å². The van der Waals surface area contributed by atoms with E-state index < -0.39 is 10.0 Å². The van der Waals surface area contributed by atoms with Gasteiger partial charge in [0.2, 0.25) is 10.0 Å². The Hall–Kier alpha value is -1.61. The highest BCUT2D eigenvalue weighted by Crippen LogP contribution is 2.24. The fourth-order valence-electron chi connectivity index (χ4n) is 2.73. The summed E-state index contributed by atoms with van der Waals surface area (Å²) in [4.78, 5) is 0.164. The molecule has 2 N–H and O–H groups in total. The topological polar surface area (TPSA) is 90.5 Å². The molecule has 0 radical (unpaired) electrons. The molecular weight excluding hydrogens is 352 g/mol. The molecule has 0 bridgehead atoms.